The van der Waals surface area contributed by atoms with Crippen LogP contribution in [0.3, 0.4) is 0 Å². The number of aromatic nitrogens is 2. The third-order valence-electron chi connectivity index (χ3n) is 26.0. The monoisotopic (exact) mass is 1280 g/mol. The number of aliphatic hydroxyl groups is 4. The highest BCUT2D eigenvalue weighted by molar-refractivity contribution is 6.05. The lowest BCUT2D eigenvalue weighted by Crippen LogP contribution is -2.47. The number of carbonyl (C=O) groups is 2. The molecule has 10 aliphatic rings. The molecule has 7 aliphatic carbocycles. The number of ketones is 2. The van der Waals surface area contributed by atoms with E-state index in [0.29, 0.717) is 71.3 Å². The number of Topliss-reactive ketones (excluding diaryl/α,β-unsaturated/α-hetero) is 2. The fourth-order valence-corrected chi connectivity index (χ4v) is 21.3. The van der Waals surface area contributed by atoms with Gasteiger partial charge in [0.15, 0.2) is 17.3 Å². The molecule has 10 N–H and O–H groups in total. The molecule has 13 nitrogen and oxygen atoms in total. The number of carbonyl (C=O) groups excluding carboxylic acids is 2. The predicted octanol–water partition coefficient (Wildman–Crippen LogP) is 13.7. The molecule has 0 amide bonds. The molecule has 95 heavy (non-hydrogen) atoms. The third kappa shape index (κ3) is 11.0. The van der Waals surface area contributed by atoms with E-state index in [1.807, 2.05) is 42.7 Å². The first-order valence-electron chi connectivity index (χ1n) is 36.2. The number of anilines is 1. The lowest BCUT2D eigenvalue weighted by atomic mass is 9.61. The van der Waals surface area contributed by atoms with Gasteiger partial charge in [0.2, 0.25) is 0 Å². The second-order valence-electron chi connectivity index (χ2n) is 31.1. The number of aromatic hydroxyl groups is 2. The minimum atomic E-state index is -1.48. The van der Waals surface area contributed by atoms with E-state index in [0.717, 1.165) is 114 Å². The largest absolute Gasteiger partial charge is 0.507 e. The van der Waals surface area contributed by atoms with Gasteiger partial charge < -0.3 is 56.0 Å². The minimum Gasteiger partial charge on any atom is -0.507 e. The summed E-state index contributed by atoms with van der Waals surface area (Å²) in [5, 5.41) is 84.2. The Labute approximate surface area is 558 Å². The van der Waals surface area contributed by atoms with Gasteiger partial charge in [0.25, 0.3) is 0 Å². The number of nitrogens with one attached hydrogen (secondary N) is 4. The summed E-state index contributed by atoms with van der Waals surface area (Å²) < 4.78 is 6.77. The summed E-state index contributed by atoms with van der Waals surface area (Å²) in [6.07, 6.45) is 28.3. The Morgan fingerprint density at radius 1 is 0.684 bits per heavy atom. The SMILES string of the molecule is O=C1CCc2cc(OC3CCCC3)c(O)c(c2)C(O)c2cc3c4cc2-c2ccccc2CCCNCC(C#CC(Nc2[nH]ccc2C3)C2=Cc3[nH]ccc3C(CC3(O)C=Cc5c(O)cccc5CC3)C2C(=O)C1CCO)C(O)C41CCC2(CCC3(CCCC34CCCC4)C2)C1. The van der Waals surface area contributed by atoms with Gasteiger partial charge in [-0.3, -0.25) is 9.59 Å². The number of benzene rings is 4. The summed E-state index contributed by atoms with van der Waals surface area (Å²) in [5.41, 5.74) is 9.57. The zero-order chi connectivity index (χ0) is 64.8. The van der Waals surface area contributed by atoms with Gasteiger partial charge >= 0.3 is 0 Å². The van der Waals surface area contributed by atoms with Crippen molar-refractivity contribution in [3.05, 3.63) is 164 Å². The summed E-state index contributed by atoms with van der Waals surface area (Å²) in [6, 6.07) is 25.3. The van der Waals surface area contributed by atoms with Crippen molar-refractivity contribution in [2.75, 3.05) is 25.0 Å². The molecular formula is C82H94N4O9. The van der Waals surface area contributed by atoms with Crippen LogP contribution >= 0.6 is 0 Å². The molecule has 496 valence electrons. The van der Waals surface area contributed by atoms with Crippen molar-refractivity contribution < 1.29 is 45.0 Å². The molecule has 13 heteroatoms. The van der Waals surface area contributed by atoms with Crippen LogP contribution in [-0.4, -0.2) is 95.7 Å². The van der Waals surface area contributed by atoms with Gasteiger partial charge in [-0.25, -0.2) is 0 Å². The van der Waals surface area contributed by atoms with Gasteiger partial charge in [0.05, 0.1) is 29.6 Å². The van der Waals surface area contributed by atoms with Crippen LogP contribution in [0.2, 0.25) is 0 Å². The van der Waals surface area contributed by atoms with Crippen LogP contribution < -0.4 is 15.4 Å². The van der Waals surface area contributed by atoms with Crippen molar-refractivity contribution in [2.24, 2.45) is 34.0 Å². The van der Waals surface area contributed by atoms with E-state index in [1.165, 1.54) is 57.8 Å². The lowest BCUT2D eigenvalue weighted by Gasteiger charge is -2.44. The highest BCUT2D eigenvalue weighted by atomic mass is 16.5. The fraction of sp³-hybridized carbons (Fsp3) is 0.512. The summed E-state index contributed by atoms with van der Waals surface area (Å²) in [4.78, 5) is 39.3. The molecule has 6 aromatic rings. The molecule has 4 spiro atoms. The first-order chi connectivity index (χ1) is 46.2. The summed E-state index contributed by atoms with van der Waals surface area (Å²) in [5.74, 6) is 4.15. The smallest absolute Gasteiger partial charge is 0.163 e. The number of rotatable bonds is 6. The van der Waals surface area contributed by atoms with Crippen LogP contribution in [-0.2, 0) is 40.7 Å². The number of aromatic amines is 2. The second-order valence-corrected chi connectivity index (χ2v) is 31.1. The summed E-state index contributed by atoms with van der Waals surface area (Å²) in [6.45, 7) is 0.611. The summed E-state index contributed by atoms with van der Waals surface area (Å²) in [7, 11) is 0. The maximum absolute atomic E-state index is 16.7. The maximum atomic E-state index is 16.7. The molecule has 0 saturated heterocycles. The minimum absolute atomic E-state index is 0.0198. The first kappa shape index (κ1) is 62.6. The molecule has 8 bridgehead atoms. The Kier molecular flexibility index (Phi) is 16.3. The number of aryl methyl sites for hydroxylation is 3. The van der Waals surface area contributed by atoms with Gasteiger partial charge in [0, 0.05) is 72.5 Å². The normalized spacial score (nSPS) is 31.7. The van der Waals surface area contributed by atoms with Crippen LogP contribution in [0.5, 0.6) is 17.2 Å². The van der Waals surface area contributed by atoms with Crippen molar-refractivity contribution in [1.82, 2.24) is 15.3 Å². The standard InChI is InChI=1S/C82H94N4O9/c87-39-25-60-70(89)20-17-50-40-64(74(91)71(41-50)95-56-13-2-3-14-56)73(90)62-43-55-42-53-23-37-85-77(53)86-67(63-45-68-59(24-38-84-68)65(72(63)75(60)92)46-81(94)30-21-52-11-7-16-69(88)58(52)22-31-81)19-18-54-47-83-36-8-12-51-10-1-4-15-57(51)61(62)44-66(55)82(76(54)93)35-33-78(49-82)32-34-80(48-78)29-9-28-79(80)26-5-6-27-79/h1,4,7,10-11,15-16,22-24,31,37-38,40-41,43-45,54,56,60,65,67,72-73,76,83-88,90-91,93-94H,2-3,5-6,8-9,12-14,17,20-21,25-30,32-36,39,42,46-49H2. The molecule has 11 unspecified atom stereocenters. The number of phenols is 2. The van der Waals surface area contributed by atoms with Gasteiger partial charge in [-0.2, -0.15) is 0 Å². The van der Waals surface area contributed by atoms with Crippen molar-refractivity contribution in [3.8, 4) is 40.2 Å². The highest BCUT2D eigenvalue weighted by Crippen LogP contribution is 2.74. The molecule has 2 aromatic heterocycles. The number of hydrogen-bond donors (Lipinski definition) is 10. The molecule has 4 aromatic carbocycles. The Balaban J connectivity index is 0.935. The van der Waals surface area contributed by atoms with Crippen molar-refractivity contribution in [2.45, 2.75) is 208 Å². The zero-order valence-corrected chi connectivity index (χ0v) is 54.9. The molecule has 16 rings (SSSR count). The van der Waals surface area contributed by atoms with E-state index >= 15 is 9.59 Å². The predicted molar refractivity (Wildman–Crippen MR) is 369 cm³/mol. The van der Waals surface area contributed by atoms with Gasteiger partial charge in [-0.1, -0.05) is 85.7 Å². The lowest BCUT2D eigenvalue weighted by molar-refractivity contribution is -0.135. The Hall–Kier alpha value is -7.18. The van der Waals surface area contributed by atoms with Crippen LogP contribution in [0.15, 0.2) is 103 Å². The zero-order valence-electron chi connectivity index (χ0n) is 54.9. The number of phenolic OH excluding ortho intramolecular Hbond substituents is 2. The Bertz CT molecular complexity index is 4090. The molecule has 11 atom stereocenters. The van der Waals surface area contributed by atoms with Crippen LogP contribution in [0, 0.1) is 45.8 Å². The van der Waals surface area contributed by atoms with Gasteiger partial charge in [-0.05, 0) is 261 Å². The first-order valence-corrected chi connectivity index (χ1v) is 36.2. The summed E-state index contributed by atoms with van der Waals surface area (Å²) >= 11 is 0. The molecule has 0 radical (unpaired) electrons. The molecular weight excluding hydrogens is 1180 g/mol. The Morgan fingerprint density at radius 3 is 2.36 bits per heavy atom. The molecule has 5 heterocycles. The maximum Gasteiger partial charge on any atom is 0.163 e. The van der Waals surface area contributed by atoms with E-state index in [4.69, 9.17) is 4.74 Å². The molecule has 5 fully saturated rings. The number of H-pyrrole nitrogens is 2. The number of ether oxygens (including phenoxy) is 1. The quantitative estimate of drug-likeness (QED) is 0.0558. The fourth-order valence-electron chi connectivity index (χ4n) is 21.3. The average Bonchev–Trinajstić information content (AvgIpc) is 1.56. The molecule has 3 aliphatic heterocycles. The van der Waals surface area contributed by atoms with E-state index in [9.17, 15) is 30.6 Å². The van der Waals surface area contributed by atoms with Crippen LogP contribution in [0.4, 0.5) is 5.82 Å². The van der Waals surface area contributed by atoms with E-state index in [1.54, 1.807) is 24.3 Å². The highest BCUT2D eigenvalue weighted by Gasteiger charge is 2.65. The van der Waals surface area contributed by atoms with Crippen molar-refractivity contribution in [3.63, 3.8) is 0 Å². The third-order valence-corrected chi connectivity index (χ3v) is 26.0. The van der Waals surface area contributed by atoms with E-state index < -0.39 is 59.5 Å². The number of fused-ring (bicyclic) bond motifs is 14. The second kappa shape index (κ2) is 24.7. The number of hydrogen-bond acceptors (Lipinski definition) is 11. The molecule has 5 saturated carbocycles. The average molecular weight is 1280 g/mol. The van der Waals surface area contributed by atoms with Crippen LogP contribution in [0.25, 0.3) is 23.3 Å². The Morgan fingerprint density at radius 2 is 1.49 bits per heavy atom. The van der Waals surface area contributed by atoms with E-state index in [2.05, 4.69) is 74.9 Å². The van der Waals surface area contributed by atoms with Gasteiger partial charge in [-0.15, -0.1) is 0 Å². The topological polar surface area (TPSA) is 220 Å². The van der Waals surface area contributed by atoms with Crippen molar-refractivity contribution in [1.29, 1.82) is 0 Å². The van der Waals surface area contributed by atoms with Crippen LogP contribution in [0.1, 0.15) is 215 Å². The van der Waals surface area contributed by atoms with Gasteiger partial charge in [0.1, 0.15) is 29.5 Å². The van der Waals surface area contributed by atoms with Crippen molar-refractivity contribution >= 4 is 29.5 Å². The number of aliphatic hydroxyl groups excluding tert-OH is 3. The van der Waals surface area contributed by atoms with E-state index in [-0.39, 0.29) is 71.6 Å².